The molecule has 1 saturated heterocycles. The predicted molar refractivity (Wildman–Crippen MR) is 168 cm³/mol. The van der Waals surface area contributed by atoms with Crippen LogP contribution >= 0.6 is 11.6 Å². The van der Waals surface area contributed by atoms with Crippen molar-refractivity contribution in [3.63, 3.8) is 0 Å². The van der Waals surface area contributed by atoms with Gasteiger partial charge in [0.05, 0.1) is 17.6 Å². The maximum Gasteiger partial charge on any atom is 0.285 e. The van der Waals surface area contributed by atoms with E-state index < -0.39 is 50.0 Å². The van der Waals surface area contributed by atoms with Crippen LogP contribution < -0.4 is 14.4 Å². The van der Waals surface area contributed by atoms with E-state index in [0.717, 1.165) is 30.4 Å². The molecule has 3 aliphatic heterocycles. The lowest BCUT2D eigenvalue weighted by atomic mass is 9.70. The lowest BCUT2D eigenvalue weighted by Gasteiger charge is -2.42. The largest absolute Gasteiger partial charge is 0.474 e. The van der Waals surface area contributed by atoms with Crippen LogP contribution in [0.3, 0.4) is 0 Å². The second-order valence-electron chi connectivity index (χ2n) is 13.1. The summed E-state index contributed by atoms with van der Waals surface area (Å²) in [6.45, 7) is 6.49. The topological polar surface area (TPSA) is 120 Å². The number of sulfonamides is 1. The number of carbonyl (C=O) groups excluding carboxylic acids is 1. The van der Waals surface area contributed by atoms with Crippen molar-refractivity contribution in [2.75, 3.05) is 38.3 Å². The molecule has 4 heterocycles. The summed E-state index contributed by atoms with van der Waals surface area (Å²) in [6, 6.07) is 5.95. The number of nitrogens with one attached hydrogen (secondary N) is 1. The molecule has 45 heavy (non-hydrogen) atoms. The van der Waals surface area contributed by atoms with Gasteiger partial charge in [0.15, 0.2) is 5.82 Å². The molecule has 0 unspecified atom stereocenters. The van der Waals surface area contributed by atoms with Gasteiger partial charge in [0.1, 0.15) is 23.7 Å². The summed E-state index contributed by atoms with van der Waals surface area (Å²) in [7, 11) is -2.67. The van der Waals surface area contributed by atoms with Crippen LogP contribution in [-0.2, 0) is 31.3 Å². The molecule has 10 nitrogen and oxygen atoms in total. The number of carbonyl (C=O) groups is 1. The highest BCUT2D eigenvalue weighted by atomic mass is 35.5. The van der Waals surface area contributed by atoms with E-state index in [0.29, 0.717) is 43.6 Å². The van der Waals surface area contributed by atoms with E-state index in [4.69, 9.17) is 25.8 Å². The standard InChI is InChI=1S/C32H40ClFN4O6S/c1-19-7-10-26(34)31(3,42-4)27-22(11-13-43-27)16-38-17-32(12-5-6-21-14-23(33)8-9-24(21)32)18-44-30-28(38)36-25(15-35-30)29(39)37-45(40,41)20(19)2/h8-10,14-15,19-20,22,27H,5-7,11-13,16-18H2,1-4H3,(H,37,39)/b26-10-/t19-,20+,22-,27+,31+,32-/m0/s1. The number of methoxy groups -OCH3 is 1. The van der Waals surface area contributed by atoms with Crippen LogP contribution in [0.15, 0.2) is 36.3 Å². The van der Waals surface area contributed by atoms with E-state index in [1.54, 1.807) is 13.8 Å². The molecule has 2 bridgehead atoms. The first kappa shape index (κ1) is 32.2. The quantitative estimate of drug-likeness (QED) is 0.461. The molecular weight excluding hydrogens is 623 g/mol. The highest BCUT2D eigenvalue weighted by Crippen LogP contribution is 2.45. The van der Waals surface area contributed by atoms with Crippen molar-refractivity contribution >= 4 is 33.3 Å². The Bertz CT molecular complexity index is 1620. The number of amides is 1. The minimum Gasteiger partial charge on any atom is -0.474 e. The first-order valence-electron chi connectivity index (χ1n) is 15.5. The number of ether oxygens (including phenoxy) is 3. The zero-order valence-electron chi connectivity index (χ0n) is 26.0. The smallest absolute Gasteiger partial charge is 0.285 e. The number of aromatic nitrogens is 2. The minimum absolute atomic E-state index is 0.118. The second kappa shape index (κ2) is 12.1. The molecule has 1 amide bonds. The highest BCUT2D eigenvalue weighted by molar-refractivity contribution is 7.90. The van der Waals surface area contributed by atoms with E-state index in [9.17, 15) is 13.2 Å². The van der Waals surface area contributed by atoms with Crippen LogP contribution in [0.4, 0.5) is 10.2 Å². The molecular formula is C32H40ClFN4O6S. The maximum atomic E-state index is 16.1. The molecule has 13 heteroatoms. The van der Waals surface area contributed by atoms with Crippen LogP contribution in [0.25, 0.3) is 0 Å². The van der Waals surface area contributed by atoms with Gasteiger partial charge in [-0.25, -0.2) is 27.5 Å². The molecule has 1 N–H and O–H groups in total. The Kier molecular flexibility index (Phi) is 8.64. The Hall–Kier alpha value is -2.80. The predicted octanol–water partition coefficient (Wildman–Crippen LogP) is 4.75. The zero-order valence-corrected chi connectivity index (χ0v) is 27.6. The van der Waals surface area contributed by atoms with Crippen LogP contribution in [-0.4, -0.2) is 74.7 Å². The molecule has 1 aromatic heterocycles. The van der Waals surface area contributed by atoms with Gasteiger partial charge in [-0.3, -0.25) is 4.79 Å². The van der Waals surface area contributed by atoms with Gasteiger partial charge in [-0.1, -0.05) is 24.6 Å². The van der Waals surface area contributed by atoms with Gasteiger partial charge in [-0.2, -0.15) is 0 Å². The first-order valence-corrected chi connectivity index (χ1v) is 17.4. The van der Waals surface area contributed by atoms with Crippen LogP contribution in [0.1, 0.15) is 68.1 Å². The monoisotopic (exact) mass is 662 g/mol. The normalized spacial score (nSPS) is 34.5. The van der Waals surface area contributed by atoms with Gasteiger partial charge in [-0.05, 0) is 81.2 Å². The Morgan fingerprint density at radius 3 is 2.84 bits per heavy atom. The van der Waals surface area contributed by atoms with Crippen molar-refractivity contribution in [3.05, 3.63) is 58.1 Å². The number of rotatable bonds is 1. The number of fused-ring (bicyclic) bond motifs is 4. The lowest BCUT2D eigenvalue weighted by Crippen LogP contribution is -2.51. The van der Waals surface area contributed by atoms with E-state index in [1.165, 1.54) is 26.3 Å². The summed E-state index contributed by atoms with van der Waals surface area (Å²) in [5.41, 5.74) is 0.313. The summed E-state index contributed by atoms with van der Waals surface area (Å²) >= 11 is 6.38. The molecule has 1 aromatic carbocycles. The lowest BCUT2D eigenvalue weighted by molar-refractivity contribution is -0.0982. The van der Waals surface area contributed by atoms with Gasteiger partial charge >= 0.3 is 0 Å². The number of hydrogen-bond acceptors (Lipinski definition) is 9. The molecule has 1 fully saturated rings. The highest BCUT2D eigenvalue weighted by Gasteiger charge is 2.49. The molecule has 6 atom stereocenters. The Balaban J connectivity index is 1.48. The van der Waals surface area contributed by atoms with E-state index in [2.05, 4.69) is 20.8 Å². The number of aryl methyl sites for hydroxylation is 1. The first-order chi connectivity index (χ1) is 21.4. The van der Waals surface area contributed by atoms with Crippen molar-refractivity contribution in [3.8, 4) is 5.88 Å². The number of hydrogen-bond donors (Lipinski definition) is 1. The van der Waals surface area contributed by atoms with Gasteiger partial charge in [-0.15, -0.1) is 0 Å². The fourth-order valence-electron chi connectivity index (χ4n) is 7.31. The molecule has 0 radical (unpaired) electrons. The fourth-order valence-corrected chi connectivity index (χ4v) is 8.77. The molecule has 1 aliphatic carbocycles. The average molecular weight is 663 g/mol. The van der Waals surface area contributed by atoms with Crippen molar-refractivity contribution in [2.45, 2.75) is 75.2 Å². The maximum absolute atomic E-state index is 16.1. The van der Waals surface area contributed by atoms with Gasteiger partial charge in [0, 0.05) is 43.2 Å². The number of benzene rings is 1. The van der Waals surface area contributed by atoms with Gasteiger partial charge in [0.25, 0.3) is 11.8 Å². The molecule has 6 rings (SSSR count). The summed E-state index contributed by atoms with van der Waals surface area (Å²) in [5.74, 6) is -1.52. The summed E-state index contributed by atoms with van der Waals surface area (Å²) < 4.78 is 63.1. The van der Waals surface area contributed by atoms with Crippen LogP contribution in [0.2, 0.25) is 5.02 Å². The summed E-state index contributed by atoms with van der Waals surface area (Å²) in [5, 5.41) is -0.331. The minimum atomic E-state index is -4.13. The van der Waals surface area contributed by atoms with Crippen molar-refractivity contribution in [1.29, 1.82) is 0 Å². The third-order valence-electron chi connectivity index (χ3n) is 10.3. The SMILES string of the molecule is CO[C@]1(C)/C(F)=C/C[C@H](C)[C@@H](C)S(=O)(=O)NC(=O)c2cnc3c(n2)N(C[C@@H]2CCO[C@H]21)C[C@@]1(CCCc2cc(Cl)ccc21)CO3. The number of halogens is 2. The molecule has 1 spiro atoms. The van der Waals surface area contributed by atoms with Crippen LogP contribution in [0, 0.1) is 11.8 Å². The van der Waals surface area contributed by atoms with Gasteiger partial charge in [0.2, 0.25) is 10.0 Å². The average Bonchev–Trinajstić information content (AvgIpc) is 3.43. The molecule has 2 aromatic rings. The second-order valence-corrected chi connectivity index (χ2v) is 15.6. The van der Waals surface area contributed by atoms with E-state index in [-0.39, 0.29) is 23.9 Å². The van der Waals surface area contributed by atoms with E-state index >= 15 is 4.39 Å². The van der Waals surface area contributed by atoms with E-state index in [1.807, 2.05) is 17.0 Å². The Morgan fingerprint density at radius 2 is 2.07 bits per heavy atom. The molecule has 4 aliphatic rings. The van der Waals surface area contributed by atoms with Crippen LogP contribution in [0.5, 0.6) is 5.88 Å². The van der Waals surface area contributed by atoms with Crippen molar-refractivity contribution < 1.29 is 31.8 Å². The van der Waals surface area contributed by atoms with Crippen molar-refractivity contribution in [2.24, 2.45) is 11.8 Å². The number of nitrogens with zero attached hydrogens (tertiary/aromatic N) is 3. The Labute approximate surface area is 268 Å². The third kappa shape index (κ3) is 5.83. The van der Waals surface area contributed by atoms with Gasteiger partial charge < -0.3 is 19.1 Å². The summed E-state index contributed by atoms with van der Waals surface area (Å²) in [6.07, 6.45) is 5.43. The summed E-state index contributed by atoms with van der Waals surface area (Å²) in [4.78, 5) is 24.5. The fraction of sp³-hybridized carbons (Fsp3) is 0.594. The number of anilines is 1. The molecule has 244 valence electrons. The Morgan fingerprint density at radius 1 is 1.27 bits per heavy atom. The number of allylic oxidation sites excluding steroid dienone is 1. The zero-order chi connectivity index (χ0) is 32.1. The van der Waals surface area contributed by atoms with Crippen molar-refractivity contribution in [1.82, 2.24) is 14.7 Å². The molecule has 0 saturated carbocycles. The third-order valence-corrected chi connectivity index (χ3v) is 12.4.